The predicted octanol–water partition coefficient (Wildman–Crippen LogP) is 4.31. The maximum Gasteiger partial charge on any atom is 0.164 e. The molecule has 2 aromatic heterocycles. The molecule has 3 aromatic rings. The first-order valence-corrected chi connectivity index (χ1v) is 7.67. The first-order valence-electron chi connectivity index (χ1n) is 6.88. The average molecular weight is 357 g/mol. The van der Waals surface area contributed by atoms with E-state index in [9.17, 15) is 4.79 Å². The summed E-state index contributed by atoms with van der Waals surface area (Å²) < 4.78 is 6.28. The minimum absolute atomic E-state index is 0.0481. The zero-order valence-corrected chi connectivity index (χ0v) is 13.3. The molecule has 5 heteroatoms. The smallest absolute Gasteiger partial charge is 0.164 e. The van der Waals surface area contributed by atoms with Gasteiger partial charge in [0.1, 0.15) is 11.5 Å². The molecule has 0 atom stereocenters. The molecule has 22 heavy (non-hydrogen) atoms. The summed E-state index contributed by atoms with van der Waals surface area (Å²) in [7, 11) is 0. The van der Waals surface area contributed by atoms with Gasteiger partial charge in [-0.15, -0.1) is 0 Å². The van der Waals surface area contributed by atoms with Crippen molar-refractivity contribution in [1.29, 1.82) is 0 Å². The molecule has 0 spiro atoms. The highest BCUT2D eigenvalue weighted by Crippen LogP contribution is 2.27. The number of Topliss-reactive ketones (excluding diaryl/α,β-unsaturated/α-hetero) is 1. The molecule has 3 rings (SSSR count). The number of nitrogens with zero attached hydrogens (tertiary/aromatic N) is 2. The summed E-state index contributed by atoms with van der Waals surface area (Å²) in [5.74, 6) is 0.745. The molecule has 4 nitrogen and oxygen atoms in total. The monoisotopic (exact) mass is 356 g/mol. The van der Waals surface area contributed by atoms with Gasteiger partial charge in [0.05, 0.1) is 0 Å². The van der Waals surface area contributed by atoms with Crippen molar-refractivity contribution in [3.05, 3.63) is 70.7 Å². The van der Waals surface area contributed by atoms with Crippen molar-refractivity contribution < 1.29 is 9.32 Å². The molecule has 1 aromatic carbocycles. The molecule has 0 aliphatic carbocycles. The second-order valence-electron chi connectivity index (χ2n) is 4.82. The Morgan fingerprint density at radius 3 is 2.82 bits per heavy atom. The quantitative estimate of drug-likeness (QED) is 0.639. The third-order valence-corrected chi connectivity index (χ3v) is 3.98. The lowest BCUT2D eigenvalue weighted by Crippen LogP contribution is -2.00. The van der Waals surface area contributed by atoms with Gasteiger partial charge >= 0.3 is 0 Å². The van der Waals surface area contributed by atoms with Gasteiger partial charge in [-0.3, -0.25) is 9.78 Å². The normalized spacial score (nSPS) is 10.6. The van der Waals surface area contributed by atoms with Crippen LogP contribution >= 0.6 is 15.9 Å². The second-order valence-corrected chi connectivity index (χ2v) is 5.68. The number of carbonyl (C=O) groups excluding carboxylic acids is 1. The van der Waals surface area contributed by atoms with E-state index in [0.717, 1.165) is 15.7 Å². The van der Waals surface area contributed by atoms with Crippen LogP contribution in [-0.4, -0.2) is 15.9 Å². The van der Waals surface area contributed by atoms with Gasteiger partial charge in [-0.1, -0.05) is 39.3 Å². The number of aromatic nitrogens is 2. The number of carbonyl (C=O) groups is 1. The molecule has 2 heterocycles. The molecule has 0 N–H and O–H groups in total. The summed E-state index contributed by atoms with van der Waals surface area (Å²) in [6.45, 7) is 0. The van der Waals surface area contributed by atoms with E-state index < -0.39 is 0 Å². The van der Waals surface area contributed by atoms with Crippen LogP contribution in [0, 0.1) is 0 Å². The van der Waals surface area contributed by atoms with Crippen molar-refractivity contribution in [2.75, 3.05) is 0 Å². The predicted molar refractivity (Wildman–Crippen MR) is 86.5 cm³/mol. The third kappa shape index (κ3) is 3.31. The molecule has 0 bridgehead atoms. The minimum Gasteiger partial charge on any atom is -0.361 e. The Morgan fingerprint density at radius 1 is 1.18 bits per heavy atom. The Hall–Kier alpha value is -2.27. The van der Waals surface area contributed by atoms with Crippen LogP contribution < -0.4 is 0 Å². The van der Waals surface area contributed by atoms with Crippen LogP contribution in [0.1, 0.15) is 22.5 Å². The van der Waals surface area contributed by atoms with Gasteiger partial charge in [0.15, 0.2) is 5.78 Å². The molecular formula is C17H13BrN2O2. The van der Waals surface area contributed by atoms with E-state index in [2.05, 4.69) is 26.1 Å². The highest BCUT2D eigenvalue weighted by Gasteiger charge is 2.11. The largest absolute Gasteiger partial charge is 0.361 e. The Morgan fingerprint density at radius 2 is 2.05 bits per heavy atom. The lowest BCUT2D eigenvalue weighted by atomic mass is 10.1. The summed E-state index contributed by atoms with van der Waals surface area (Å²) in [6, 6.07) is 13.2. The highest BCUT2D eigenvalue weighted by molar-refractivity contribution is 9.10. The summed E-state index contributed by atoms with van der Waals surface area (Å²) in [4.78, 5) is 16.0. The van der Waals surface area contributed by atoms with Crippen LogP contribution in [0.15, 0.2) is 63.9 Å². The number of rotatable bonds is 5. The Labute approximate surface area is 136 Å². The maximum absolute atomic E-state index is 12.0. The number of pyridine rings is 1. The van der Waals surface area contributed by atoms with E-state index in [1.807, 2.05) is 30.3 Å². The van der Waals surface area contributed by atoms with E-state index in [-0.39, 0.29) is 5.78 Å². The second kappa shape index (κ2) is 6.66. The van der Waals surface area contributed by atoms with Crippen molar-refractivity contribution in [3.8, 4) is 11.3 Å². The summed E-state index contributed by atoms with van der Waals surface area (Å²) in [6.07, 6.45) is 4.12. The van der Waals surface area contributed by atoms with Crippen LogP contribution in [0.3, 0.4) is 0 Å². The first-order chi connectivity index (χ1) is 10.7. The van der Waals surface area contributed by atoms with Crippen LogP contribution in [0.25, 0.3) is 11.3 Å². The standard InChI is InChI=1S/C17H13BrN2O2/c18-15-6-2-1-5-14(15)16-10-13(22-20-16)7-8-17(21)12-4-3-9-19-11-12/h1-6,9-11H,7-8H2. The van der Waals surface area contributed by atoms with E-state index in [1.54, 1.807) is 24.5 Å². The molecule has 0 unspecified atom stereocenters. The van der Waals surface area contributed by atoms with E-state index in [1.165, 1.54) is 0 Å². The molecule has 110 valence electrons. The fourth-order valence-electron chi connectivity index (χ4n) is 2.14. The van der Waals surface area contributed by atoms with Gasteiger partial charge in [-0.05, 0) is 18.2 Å². The lowest BCUT2D eigenvalue weighted by molar-refractivity contribution is 0.0980. The zero-order valence-electron chi connectivity index (χ0n) is 11.7. The molecule has 0 aliphatic rings. The van der Waals surface area contributed by atoms with Crippen LogP contribution in [0.4, 0.5) is 0 Å². The molecule has 0 fully saturated rings. The average Bonchev–Trinajstić information content (AvgIpc) is 3.02. The van der Waals surface area contributed by atoms with Gasteiger partial charge in [0.25, 0.3) is 0 Å². The summed E-state index contributed by atoms with van der Waals surface area (Å²) in [5, 5.41) is 4.07. The number of benzene rings is 1. The first kappa shape index (κ1) is 14.7. The minimum atomic E-state index is 0.0481. The van der Waals surface area contributed by atoms with E-state index in [0.29, 0.717) is 24.2 Å². The lowest BCUT2D eigenvalue weighted by Gasteiger charge is -1.98. The van der Waals surface area contributed by atoms with Gasteiger partial charge < -0.3 is 4.52 Å². The molecule has 0 radical (unpaired) electrons. The summed E-state index contributed by atoms with van der Waals surface area (Å²) in [5.41, 5.74) is 2.35. The van der Waals surface area contributed by atoms with Crippen molar-refractivity contribution in [2.24, 2.45) is 0 Å². The Bertz CT molecular complexity index is 784. The van der Waals surface area contributed by atoms with Crippen molar-refractivity contribution in [2.45, 2.75) is 12.8 Å². The van der Waals surface area contributed by atoms with Crippen molar-refractivity contribution in [3.63, 3.8) is 0 Å². The van der Waals surface area contributed by atoms with Crippen LogP contribution in [-0.2, 0) is 6.42 Å². The SMILES string of the molecule is O=C(CCc1cc(-c2ccccc2Br)no1)c1cccnc1. The molecule has 0 amide bonds. The molecular weight excluding hydrogens is 344 g/mol. The Balaban J connectivity index is 1.68. The number of hydrogen-bond acceptors (Lipinski definition) is 4. The van der Waals surface area contributed by atoms with E-state index >= 15 is 0 Å². The van der Waals surface area contributed by atoms with Crippen LogP contribution in [0.2, 0.25) is 0 Å². The molecule has 0 aliphatic heterocycles. The number of halogens is 1. The maximum atomic E-state index is 12.0. The number of aryl methyl sites for hydroxylation is 1. The molecule has 0 saturated heterocycles. The van der Waals surface area contributed by atoms with Gasteiger partial charge in [-0.25, -0.2) is 0 Å². The topological polar surface area (TPSA) is 56.0 Å². The fourth-order valence-corrected chi connectivity index (χ4v) is 2.62. The van der Waals surface area contributed by atoms with Gasteiger partial charge in [0, 0.05) is 46.9 Å². The van der Waals surface area contributed by atoms with Gasteiger partial charge in [0.2, 0.25) is 0 Å². The van der Waals surface area contributed by atoms with Crippen molar-refractivity contribution >= 4 is 21.7 Å². The number of ketones is 1. The Kier molecular flexibility index (Phi) is 4.44. The van der Waals surface area contributed by atoms with Crippen molar-refractivity contribution in [1.82, 2.24) is 10.1 Å². The zero-order chi connectivity index (χ0) is 15.4. The fraction of sp³-hybridized carbons (Fsp3) is 0.118. The van der Waals surface area contributed by atoms with Gasteiger partial charge in [-0.2, -0.15) is 0 Å². The highest BCUT2D eigenvalue weighted by atomic mass is 79.9. The molecule has 0 saturated carbocycles. The number of hydrogen-bond donors (Lipinski definition) is 0. The van der Waals surface area contributed by atoms with Crippen LogP contribution in [0.5, 0.6) is 0 Å². The summed E-state index contributed by atoms with van der Waals surface area (Å²) >= 11 is 3.49. The third-order valence-electron chi connectivity index (χ3n) is 3.29. The van der Waals surface area contributed by atoms with E-state index in [4.69, 9.17) is 4.52 Å².